The number of nitrogens with zero attached hydrogens (tertiary/aromatic N) is 4. The second-order valence-corrected chi connectivity index (χ2v) is 9.49. The highest BCUT2D eigenvalue weighted by Crippen LogP contribution is 2.35. The number of piperidine rings is 1. The Bertz CT molecular complexity index is 1300. The maximum absolute atomic E-state index is 13.0. The van der Waals surface area contributed by atoms with Crippen LogP contribution in [0.2, 0.25) is 5.02 Å². The smallest absolute Gasteiger partial charge is 0.229 e. The fraction of sp³-hybridized carbons (Fsp3) is 0.292. The summed E-state index contributed by atoms with van der Waals surface area (Å²) < 4.78 is 8.16. The van der Waals surface area contributed by atoms with Crippen molar-refractivity contribution in [3.8, 4) is 11.4 Å². The summed E-state index contributed by atoms with van der Waals surface area (Å²) in [4.78, 5) is 20.1. The van der Waals surface area contributed by atoms with Gasteiger partial charge in [0.25, 0.3) is 0 Å². The van der Waals surface area contributed by atoms with Crippen LogP contribution < -0.4 is 15.0 Å². The minimum Gasteiger partial charge on any atom is -0.495 e. The Morgan fingerprint density at radius 1 is 1.24 bits per heavy atom. The molecule has 0 spiro atoms. The number of anilines is 2. The lowest BCUT2D eigenvalue weighted by Gasteiger charge is -2.31. The number of hydrogen-bond donors (Lipinski definition) is 1. The lowest BCUT2D eigenvalue weighted by Crippen LogP contribution is -2.40. The first-order valence-corrected chi connectivity index (χ1v) is 12.0. The van der Waals surface area contributed by atoms with Crippen LogP contribution in [0.1, 0.15) is 18.5 Å². The SMILES string of the molecule is COc1ccc(NC(=O)[C@@H]2CCCN(c3nc4c(s3)c(C)nn4-c3ccccc3)C2)cc1Cl. The number of rotatable bonds is 5. The van der Waals surface area contributed by atoms with Crippen LogP contribution in [0.15, 0.2) is 48.5 Å². The van der Waals surface area contributed by atoms with Crippen molar-refractivity contribution >= 4 is 50.0 Å². The van der Waals surface area contributed by atoms with Crippen molar-refractivity contribution in [1.82, 2.24) is 14.8 Å². The Balaban J connectivity index is 1.34. The van der Waals surface area contributed by atoms with E-state index in [9.17, 15) is 4.79 Å². The Morgan fingerprint density at radius 3 is 2.82 bits per heavy atom. The van der Waals surface area contributed by atoms with Crippen LogP contribution in [0, 0.1) is 12.8 Å². The molecule has 0 unspecified atom stereocenters. The van der Waals surface area contributed by atoms with Gasteiger partial charge in [0, 0.05) is 18.8 Å². The fourth-order valence-electron chi connectivity index (χ4n) is 4.16. The predicted octanol–water partition coefficient (Wildman–Crippen LogP) is 5.31. The Hall–Kier alpha value is -3.10. The van der Waals surface area contributed by atoms with Gasteiger partial charge in [0.1, 0.15) is 5.75 Å². The van der Waals surface area contributed by atoms with Crippen molar-refractivity contribution in [3.05, 3.63) is 59.2 Å². The minimum absolute atomic E-state index is 0.00585. The normalized spacial score (nSPS) is 16.2. The van der Waals surface area contributed by atoms with Gasteiger partial charge in [-0.3, -0.25) is 4.79 Å². The number of amides is 1. The van der Waals surface area contributed by atoms with Gasteiger partial charge in [-0.05, 0) is 50.1 Å². The zero-order valence-corrected chi connectivity index (χ0v) is 20.0. The molecule has 1 N–H and O–H groups in total. The van der Waals surface area contributed by atoms with E-state index in [1.165, 1.54) is 0 Å². The van der Waals surface area contributed by atoms with Crippen LogP contribution in [0.25, 0.3) is 16.0 Å². The van der Waals surface area contributed by atoms with Crippen molar-refractivity contribution < 1.29 is 9.53 Å². The van der Waals surface area contributed by atoms with E-state index in [0.29, 0.717) is 23.0 Å². The molecule has 5 rings (SSSR count). The molecule has 1 fully saturated rings. The molecule has 170 valence electrons. The second kappa shape index (κ2) is 9.03. The van der Waals surface area contributed by atoms with Gasteiger partial charge in [-0.2, -0.15) is 10.1 Å². The molecule has 4 aromatic rings. The summed E-state index contributed by atoms with van der Waals surface area (Å²) in [5.74, 6) is 0.450. The number of aromatic nitrogens is 3. The maximum atomic E-state index is 13.0. The molecule has 1 aliphatic rings. The van der Waals surface area contributed by atoms with E-state index in [1.807, 2.05) is 41.9 Å². The number of ether oxygens (including phenoxy) is 1. The predicted molar refractivity (Wildman–Crippen MR) is 133 cm³/mol. The number of aryl methyl sites for hydroxylation is 1. The van der Waals surface area contributed by atoms with Gasteiger partial charge in [0.15, 0.2) is 10.8 Å². The molecule has 2 aromatic heterocycles. The lowest BCUT2D eigenvalue weighted by molar-refractivity contribution is -0.120. The first-order chi connectivity index (χ1) is 16.0. The van der Waals surface area contributed by atoms with Crippen LogP contribution in [-0.4, -0.2) is 40.9 Å². The molecule has 3 heterocycles. The fourth-order valence-corrected chi connectivity index (χ4v) is 5.44. The summed E-state index contributed by atoms with van der Waals surface area (Å²) in [6.45, 7) is 3.52. The quantitative estimate of drug-likeness (QED) is 0.418. The first-order valence-electron chi connectivity index (χ1n) is 10.8. The molecule has 1 amide bonds. The number of nitrogens with one attached hydrogen (secondary N) is 1. The third-order valence-corrected chi connectivity index (χ3v) is 7.37. The molecule has 0 saturated carbocycles. The van der Waals surface area contributed by atoms with Gasteiger partial charge in [-0.25, -0.2) is 4.68 Å². The Morgan fingerprint density at radius 2 is 2.06 bits per heavy atom. The number of thiazole rings is 1. The average Bonchev–Trinajstić information content (AvgIpc) is 3.40. The summed E-state index contributed by atoms with van der Waals surface area (Å²) in [5.41, 5.74) is 3.47. The standard InChI is InChI=1S/C24H24ClN5O2S/c1-15-21-22(30(28-15)18-8-4-3-5-9-18)27-24(33-21)29-12-6-7-16(14-29)23(31)26-17-10-11-20(32-2)19(25)13-17/h3-5,8-11,13,16H,6-7,12,14H2,1-2H3,(H,26,31)/t16-/m1/s1. The molecule has 7 nitrogen and oxygen atoms in total. The zero-order valence-electron chi connectivity index (χ0n) is 18.4. The Labute approximate surface area is 200 Å². The van der Waals surface area contributed by atoms with Gasteiger partial charge in [-0.1, -0.05) is 41.1 Å². The van der Waals surface area contributed by atoms with E-state index in [1.54, 1.807) is 36.6 Å². The molecule has 1 saturated heterocycles. The van der Waals surface area contributed by atoms with E-state index in [4.69, 9.17) is 21.3 Å². The third-order valence-electron chi connectivity index (χ3n) is 5.86. The molecule has 1 atom stereocenters. The molecule has 0 radical (unpaired) electrons. The van der Waals surface area contributed by atoms with E-state index >= 15 is 0 Å². The van der Waals surface area contributed by atoms with Crippen molar-refractivity contribution in [2.45, 2.75) is 19.8 Å². The summed E-state index contributed by atoms with van der Waals surface area (Å²) in [6, 6.07) is 15.3. The molecular formula is C24H24ClN5O2S. The van der Waals surface area contributed by atoms with Crippen LogP contribution in [0.4, 0.5) is 10.8 Å². The molecule has 2 aromatic carbocycles. The van der Waals surface area contributed by atoms with Gasteiger partial charge < -0.3 is 15.0 Å². The van der Waals surface area contributed by atoms with Crippen molar-refractivity contribution in [1.29, 1.82) is 0 Å². The highest BCUT2D eigenvalue weighted by molar-refractivity contribution is 7.22. The van der Waals surface area contributed by atoms with Crippen LogP contribution in [-0.2, 0) is 4.79 Å². The van der Waals surface area contributed by atoms with Gasteiger partial charge >= 0.3 is 0 Å². The topological polar surface area (TPSA) is 72.3 Å². The Kier molecular flexibility index (Phi) is 5.95. The van der Waals surface area contributed by atoms with E-state index in [-0.39, 0.29) is 11.8 Å². The minimum atomic E-state index is -0.127. The summed E-state index contributed by atoms with van der Waals surface area (Å²) in [6.07, 6.45) is 1.77. The average molecular weight is 482 g/mol. The van der Waals surface area contributed by atoms with E-state index in [2.05, 4.69) is 15.3 Å². The first kappa shape index (κ1) is 21.7. The molecule has 1 aliphatic heterocycles. The number of methoxy groups -OCH3 is 1. The van der Waals surface area contributed by atoms with Gasteiger partial charge in [0.05, 0.1) is 34.1 Å². The highest BCUT2D eigenvalue weighted by Gasteiger charge is 2.28. The number of halogens is 1. The molecule has 0 aliphatic carbocycles. The van der Waals surface area contributed by atoms with Crippen LogP contribution in [0.3, 0.4) is 0 Å². The highest BCUT2D eigenvalue weighted by atomic mass is 35.5. The number of para-hydroxylation sites is 1. The lowest BCUT2D eigenvalue weighted by atomic mass is 9.97. The third kappa shape index (κ3) is 4.28. The van der Waals surface area contributed by atoms with Gasteiger partial charge in [0.2, 0.25) is 5.91 Å². The second-order valence-electron chi connectivity index (χ2n) is 8.11. The number of hydrogen-bond acceptors (Lipinski definition) is 6. The number of carbonyl (C=O) groups excluding carboxylic acids is 1. The number of fused-ring (bicyclic) bond motifs is 1. The molecule has 9 heteroatoms. The molecule has 33 heavy (non-hydrogen) atoms. The summed E-state index contributed by atoms with van der Waals surface area (Å²) in [7, 11) is 1.57. The van der Waals surface area contributed by atoms with Gasteiger partial charge in [-0.15, -0.1) is 0 Å². The van der Waals surface area contributed by atoms with Crippen LogP contribution >= 0.6 is 22.9 Å². The van der Waals surface area contributed by atoms with Crippen molar-refractivity contribution in [3.63, 3.8) is 0 Å². The van der Waals surface area contributed by atoms with Crippen LogP contribution in [0.5, 0.6) is 5.75 Å². The molecular weight excluding hydrogens is 458 g/mol. The molecule has 0 bridgehead atoms. The van der Waals surface area contributed by atoms with E-state index < -0.39 is 0 Å². The summed E-state index contributed by atoms with van der Waals surface area (Å²) >= 11 is 7.84. The van der Waals surface area contributed by atoms with Crippen molar-refractivity contribution in [2.75, 3.05) is 30.4 Å². The van der Waals surface area contributed by atoms with E-state index in [0.717, 1.165) is 46.2 Å². The number of benzene rings is 2. The monoisotopic (exact) mass is 481 g/mol. The maximum Gasteiger partial charge on any atom is 0.229 e. The number of carbonyl (C=O) groups is 1. The largest absolute Gasteiger partial charge is 0.495 e. The summed E-state index contributed by atoms with van der Waals surface area (Å²) in [5, 5.41) is 9.08. The van der Waals surface area contributed by atoms with Crippen molar-refractivity contribution in [2.24, 2.45) is 5.92 Å². The zero-order chi connectivity index (χ0) is 22.9.